The van der Waals surface area contributed by atoms with E-state index in [1.807, 2.05) is 6.07 Å². The second kappa shape index (κ2) is 6.40. The summed E-state index contributed by atoms with van der Waals surface area (Å²) < 4.78 is 13.5. The minimum atomic E-state index is -0.183. The molecule has 0 spiro atoms. The summed E-state index contributed by atoms with van der Waals surface area (Å²) in [5, 5.41) is 3.08. The molecule has 3 N–H and O–H groups in total. The highest BCUT2D eigenvalue weighted by Gasteiger charge is 2.02. The summed E-state index contributed by atoms with van der Waals surface area (Å²) in [5.74, 6) is -0.183. The first-order chi connectivity index (χ1) is 7.27. The van der Waals surface area contributed by atoms with Gasteiger partial charge in [-0.05, 0) is 37.1 Å². The summed E-state index contributed by atoms with van der Waals surface area (Å²) in [4.78, 5) is 0. The molecule has 0 fully saturated rings. The van der Waals surface area contributed by atoms with Gasteiger partial charge in [0, 0.05) is 6.54 Å². The van der Waals surface area contributed by atoms with Crippen molar-refractivity contribution in [2.24, 2.45) is 5.73 Å². The maximum Gasteiger partial charge on any atom is 0.146 e. The van der Waals surface area contributed by atoms with E-state index in [0.717, 1.165) is 31.4 Å². The Labute approximate surface area is 90.7 Å². The number of nitrogens with two attached hydrogens (primary N) is 1. The number of hydrogen-bond acceptors (Lipinski definition) is 2. The van der Waals surface area contributed by atoms with Crippen molar-refractivity contribution < 1.29 is 4.39 Å². The average Bonchev–Trinajstić information content (AvgIpc) is 2.22. The first-order valence-corrected chi connectivity index (χ1v) is 5.50. The summed E-state index contributed by atoms with van der Waals surface area (Å²) in [6.45, 7) is 3.49. The Kier molecular flexibility index (Phi) is 5.12. The van der Waals surface area contributed by atoms with Crippen molar-refractivity contribution in [3.63, 3.8) is 0 Å². The molecule has 0 aliphatic carbocycles. The van der Waals surface area contributed by atoms with Crippen molar-refractivity contribution in [3.05, 3.63) is 29.6 Å². The average molecular weight is 210 g/mol. The van der Waals surface area contributed by atoms with E-state index >= 15 is 0 Å². The molecule has 15 heavy (non-hydrogen) atoms. The molecule has 0 atom stereocenters. The zero-order valence-electron chi connectivity index (χ0n) is 9.22. The van der Waals surface area contributed by atoms with E-state index in [-0.39, 0.29) is 5.82 Å². The van der Waals surface area contributed by atoms with Gasteiger partial charge in [-0.3, -0.25) is 0 Å². The molecule has 0 bridgehead atoms. The summed E-state index contributed by atoms with van der Waals surface area (Å²) in [7, 11) is 0. The highest BCUT2D eigenvalue weighted by atomic mass is 19.1. The highest BCUT2D eigenvalue weighted by molar-refractivity contribution is 5.46. The second-order valence-electron chi connectivity index (χ2n) is 3.63. The summed E-state index contributed by atoms with van der Waals surface area (Å²) >= 11 is 0. The van der Waals surface area contributed by atoms with Crippen LogP contribution in [0.15, 0.2) is 18.2 Å². The van der Waals surface area contributed by atoms with E-state index in [0.29, 0.717) is 12.2 Å². The number of rotatable bonds is 6. The minimum absolute atomic E-state index is 0.183. The zero-order valence-corrected chi connectivity index (χ0v) is 9.22. The third-order valence-electron chi connectivity index (χ3n) is 2.31. The smallest absolute Gasteiger partial charge is 0.146 e. The molecule has 0 aliphatic heterocycles. The zero-order chi connectivity index (χ0) is 11.1. The lowest BCUT2D eigenvalue weighted by Gasteiger charge is -2.08. The molecule has 0 aromatic heterocycles. The van der Waals surface area contributed by atoms with Crippen LogP contribution in [0.3, 0.4) is 0 Å². The van der Waals surface area contributed by atoms with Gasteiger partial charge in [-0.25, -0.2) is 4.39 Å². The molecule has 84 valence electrons. The molecule has 3 heteroatoms. The van der Waals surface area contributed by atoms with Crippen LogP contribution in [0.25, 0.3) is 0 Å². The van der Waals surface area contributed by atoms with Crippen LogP contribution in [0.5, 0.6) is 0 Å². The molecule has 0 saturated heterocycles. The van der Waals surface area contributed by atoms with Gasteiger partial charge >= 0.3 is 0 Å². The maximum atomic E-state index is 13.5. The van der Waals surface area contributed by atoms with Crippen LogP contribution >= 0.6 is 0 Å². The third kappa shape index (κ3) is 3.88. The monoisotopic (exact) mass is 210 g/mol. The molecule has 0 aliphatic rings. The quantitative estimate of drug-likeness (QED) is 0.708. The van der Waals surface area contributed by atoms with E-state index < -0.39 is 0 Å². The number of benzene rings is 1. The van der Waals surface area contributed by atoms with Crippen molar-refractivity contribution in [1.29, 1.82) is 0 Å². The number of unbranched alkanes of at least 4 members (excludes halogenated alkanes) is 1. The van der Waals surface area contributed by atoms with Gasteiger partial charge in [-0.2, -0.15) is 0 Å². The van der Waals surface area contributed by atoms with Gasteiger partial charge in [0.05, 0.1) is 5.69 Å². The molecule has 0 saturated carbocycles. The van der Waals surface area contributed by atoms with E-state index in [2.05, 4.69) is 12.2 Å². The first kappa shape index (κ1) is 12.0. The summed E-state index contributed by atoms with van der Waals surface area (Å²) in [6, 6.07) is 5.27. The molecule has 2 nitrogen and oxygen atoms in total. The van der Waals surface area contributed by atoms with Crippen LogP contribution in [0.2, 0.25) is 0 Å². The van der Waals surface area contributed by atoms with E-state index in [1.54, 1.807) is 12.1 Å². The fraction of sp³-hybridized carbons (Fsp3) is 0.500. The van der Waals surface area contributed by atoms with Crippen molar-refractivity contribution >= 4 is 5.69 Å². The van der Waals surface area contributed by atoms with Gasteiger partial charge in [0.1, 0.15) is 5.82 Å². The number of hydrogen-bond donors (Lipinski definition) is 2. The van der Waals surface area contributed by atoms with Gasteiger partial charge in [-0.15, -0.1) is 0 Å². The van der Waals surface area contributed by atoms with Crippen LogP contribution in [-0.4, -0.2) is 13.1 Å². The minimum Gasteiger partial charge on any atom is -0.383 e. The molecule has 0 radical (unpaired) electrons. The Balaban J connectivity index is 2.58. The Morgan fingerprint density at radius 3 is 2.80 bits per heavy atom. The maximum absolute atomic E-state index is 13.5. The van der Waals surface area contributed by atoms with Crippen molar-refractivity contribution in [2.75, 3.05) is 18.4 Å². The Morgan fingerprint density at radius 1 is 1.40 bits per heavy atom. The SMILES string of the molecule is CCCCNc1ccc(CCN)cc1F. The Bertz CT molecular complexity index is 300. The van der Waals surface area contributed by atoms with Gasteiger partial charge in [0.25, 0.3) is 0 Å². The Hall–Kier alpha value is -1.09. The Morgan fingerprint density at radius 2 is 2.20 bits per heavy atom. The fourth-order valence-electron chi connectivity index (χ4n) is 1.42. The molecule has 0 amide bonds. The molecule has 1 aromatic rings. The van der Waals surface area contributed by atoms with Crippen molar-refractivity contribution in [1.82, 2.24) is 0 Å². The molecule has 0 unspecified atom stereocenters. The molecule has 0 heterocycles. The molecular formula is C12H19FN2. The predicted octanol–water partition coefficient (Wildman–Crippen LogP) is 2.54. The van der Waals surface area contributed by atoms with Crippen LogP contribution in [0.1, 0.15) is 25.3 Å². The van der Waals surface area contributed by atoms with Crippen LogP contribution in [-0.2, 0) is 6.42 Å². The van der Waals surface area contributed by atoms with Crippen LogP contribution in [0, 0.1) is 5.82 Å². The van der Waals surface area contributed by atoms with Crippen LogP contribution in [0.4, 0.5) is 10.1 Å². The van der Waals surface area contributed by atoms with Crippen LogP contribution < -0.4 is 11.1 Å². The predicted molar refractivity (Wildman–Crippen MR) is 62.6 cm³/mol. The van der Waals surface area contributed by atoms with Gasteiger partial charge in [-0.1, -0.05) is 19.4 Å². The highest BCUT2D eigenvalue weighted by Crippen LogP contribution is 2.15. The van der Waals surface area contributed by atoms with Gasteiger partial charge < -0.3 is 11.1 Å². The van der Waals surface area contributed by atoms with Crippen molar-refractivity contribution in [2.45, 2.75) is 26.2 Å². The van der Waals surface area contributed by atoms with E-state index in [4.69, 9.17) is 5.73 Å². The van der Waals surface area contributed by atoms with Gasteiger partial charge in [0.2, 0.25) is 0 Å². The molecule has 1 aromatic carbocycles. The topological polar surface area (TPSA) is 38.0 Å². The largest absolute Gasteiger partial charge is 0.383 e. The first-order valence-electron chi connectivity index (χ1n) is 5.50. The summed E-state index contributed by atoms with van der Waals surface area (Å²) in [6.07, 6.45) is 2.90. The lowest BCUT2D eigenvalue weighted by molar-refractivity contribution is 0.627. The van der Waals surface area contributed by atoms with Crippen molar-refractivity contribution in [3.8, 4) is 0 Å². The van der Waals surface area contributed by atoms with E-state index in [1.165, 1.54) is 0 Å². The lowest BCUT2D eigenvalue weighted by atomic mass is 10.1. The standard InChI is InChI=1S/C12H19FN2/c1-2-3-8-15-12-5-4-10(6-7-14)9-11(12)13/h4-5,9,15H,2-3,6-8,14H2,1H3. The molecule has 1 rings (SSSR count). The van der Waals surface area contributed by atoms with E-state index in [9.17, 15) is 4.39 Å². The fourth-order valence-corrected chi connectivity index (χ4v) is 1.42. The second-order valence-corrected chi connectivity index (χ2v) is 3.63. The molecular weight excluding hydrogens is 191 g/mol. The lowest BCUT2D eigenvalue weighted by Crippen LogP contribution is -2.05. The summed E-state index contributed by atoms with van der Waals surface area (Å²) in [5.41, 5.74) is 6.95. The third-order valence-corrected chi connectivity index (χ3v) is 2.31. The number of nitrogens with one attached hydrogen (secondary N) is 1. The normalized spacial score (nSPS) is 10.3. The number of halogens is 1. The number of anilines is 1. The van der Waals surface area contributed by atoms with Gasteiger partial charge in [0.15, 0.2) is 0 Å².